The third kappa shape index (κ3) is 6.69. The van der Waals surface area contributed by atoms with E-state index in [4.69, 9.17) is 5.11 Å². The van der Waals surface area contributed by atoms with Crippen molar-refractivity contribution in [3.8, 4) is 0 Å². The second kappa shape index (κ2) is 10.9. The Morgan fingerprint density at radius 3 is 2.38 bits per heavy atom. The molecule has 0 spiro atoms. The van der Waals surface area contributed by atoms with Gasteiger partial charge in [0.15, 0.2) is 0 Å². The van der Waals surface area contributed by atoms with Crippen LogP contribution in [0.2, 0.25) is 0 Å². The van der Waals surface area contributed by atoms with Crippen molar-refractivity contribution in [3.05, 3.63) is 59.8 Å². The SMILES string of the molecule is CN(C)[C@@H]1CCN(c2ccc(Nc3nc(Nc4ccc(C(=O)O)cc4)ncc3C(F)(F)F)c(P(C)(C)=O)c2)C1. The molecule has 4 rings (SSSR count). The summed E-state index contributed by atoms with van der Waals surface area (Å²) in [5.74, 6) is -1.74. The Balaban J connectivity index is 1.68. The fraction of sp³-hybridized carbons (Fsp3) is 0.346. The number of aromatic nitrogens is 2. The fourth-order valence-corrected chi connectivity index (χ4v) is 5.52. The molecule has 3 N–H and O–H groups in total. The van der Waals surface area contributed by atoms with E-state index in [-0.39, 0.29) is 17.2 Å². The minimum absolute atomic E-state index is 0.0574. The van der Waals surface area contributed by atoms with Crippen LogP contribution in [-0.2, 0) is 10.7 Å². The highest BCUT2D eigenvalue weighted by Gasteiger charge is 2.36. The molecule has 0 bridgehead atoms. The molecular weight excluding hydrogens is 532 g/mol. The Morgan fingerprint density at radius 2 is 1.82 bits per heavy atom. The molecule has 1 aliphatic rings. The molecule has 0 amide bonds. The summed E-state index contributed by atoms with van der Waals surface area (Å²) in [5.41, 5.74) is 0.483. The number of hydrogen-bond acceptors (Lipinski definition) is 8. The molecule has 1 atom stereocenters. The van der Waals surface area contributed by atoms with E-state index >= 15 is 0 Å². The van der Waals surface area contributed by atoms with Gasteiger partial charge in [0.05, 0.1) is 11.3 Å². The van der Waals surface area contributed by atoms with Gasteiger partial charge in [0, 0.05) is 42.0 Å². The van der Waals surface area contributed by atoms with Crippen molar-refractivity contribution in [1.29, 1.82) is 0 Å². The number of halogens is 3. The highest BCUT2D eigenvalue weighted by molar-refractivity contribution is 7.70. The second-order valence-corrected chi connectivity index (χ2v) is 13.2. The van der Waals surface area contributed by atoms with Crippen LogP contribution in [0.1, 0.15) is 22.3 Å². The second-order valence-electron chi connectivity index (χ2n) is 9.99. The van der Waals surface area contributed by atoms with E-state index in [0.29, 0.717) is 23.2 Å². The Kier molecular flexibility index (Phi) is 7.90. The average Bonchev–Trinajstić information content (AvgIpc) is 3.34. The Hall–Kier alpha value is -3.63. The van der Waals surface area contributed by atoms with Crippen LogP contribution < -0.4 is 20.8 Å². The van der Waals surface area contributed by atoms with E-state index in [2.05, 4.69) is 30.4 Å². The Morgan fingerprint density at radius 1 is 1.13 bits per heavy atom. The van der Waals surface area contributed by atoms with E-state index < -0.39 is 30.7 Å². The largest absolute Gasteiger partial charge is 0.478 e. The van der Waals surface area contributed by atoms with Crippen molar-refractivity contribution in [2.24, 2.45) is 0 Å². The molecule has 1 aliphatic heterocycles. The van der Waals surface area contributed by atoms with E-state index in [1.165, 1.54) is 24.3 Å². The topological polar surface area (TPSA) is 111 Å². The smallest absolute Gasteiger partial charge is 0.421 e. The lowest BCUT2D eigenvalue weighted by atomic mass is 10.2. The van der Waals surface area contributed by atoms with Gasteiger partial charge in [-0.2, -0.15) is 18.2 Å². The molecule has 1 saturated heterocycles. The van der Waals surface area contributed by atoms with Gasteiger partial charge in [-0.1, -0.05) is 0 Å². The number of rotatable bonds is 8. The monoisotopic (exact) mass is 562 g/mol. The summed E-state index contributed by atoms with van der Waals surface area (Å²) in [4.78, 5) is 23.3. The zero-order chi connectivity index (χ0) is 28.5. The summed E-state index contributed by atoms with van der Waals surface area (Å²) >= 11 is 0. The maximum atomic E-state index is 13.9. The molecule has 13 heteroatoms. The van der Waals surface area contributed by atoms with Crippen LogP contribution in [0.15, 0.2) is 48.7 Å². The predicted molar refractivity (Wildman–Crippen MR) is 147 cm³/mol. The zero-order valence-electron chi connectivity index (χ0n) is 22.0. The summed E-state index contributed by atoms with van der Waals surface area (Å²) in [6.45, 7) is 4.76. The molecule has 3 aromatic rings. The van der Waals surface area contributed by atoms with Crippen molar-refractivity contribution >= 4 is 47.2 Å². The Bertz CT molecular complexity index is 1410. The van der Waals surface area contributed by atoms with Gasteiger partial charge in [-0.3, -0.25) is 0 Å². The highest BCUT2D eigenvalue weighted by atomic mass is 31.2. The fourth-order valence-electron chi connectivity index (χ4n) is 4.36. The Labute approximate surface area is 224 Å². The molecule has 1 aromatic heterocycles. The molecule has 0 radical (unpaired) electrons. The quantitative estimate of drug-likeness (QED) is 0.324. The molecular formula is C26H30F3N6O3P. The van der Waals surface area contributed by atoms with Crippen LogP contribution in [0.25, 0.3) is 0 Å². The van der Waals surface area contributed by atoms with E-state index in [1.807, 2.05) is 14.1 Å². The number of benzene rings is 2. The molecule has 0 unspecified atom stereocenters. The number of nitrogens with one attached hydrogen (secondary N) is 2. The number of hydrogen-bond donors (Lipinski definition) is 3. The lowest BCUT2D eigenvalue weighted by Gasteiger charge is -2.24. The first-order valence-corrected chi connectivity index (χ1v) is 14.7. The van der Waals surface area contributed by atoms with Crippen molar-refractivity contribution in [1.82, 2.24) is 14.9 Å². The van der Waals surface area contributed by atoms with Gasteiger partial charge < -0.3 is 30.1 Å². The van der Waals surface area contributed by atoms with Crippen LogP contribution in [0.4, 0.5) is 42.0 Å². The van der Waals surface area contributed by atoms with Crippen molar-refractivity contribution < 1.29 is 27.6 Å². The average molecular weight is 563 g/mol. The van der Waals surface area contributed by atoms with Gasteiger partial charge in [-0.05, 0) is 76.3 Å². The lowest BCUT2D eigenvalue weighted by molar-refractivity contribution is -0.137. The van der Waals surface area contributed by atoms with Gasteiger partial charge in [0.1, 0.15) is 18.5 Å². The van der Waals surface area contributed by atoms with Gasteiger partial charge in [0.2, 0.25) is 5.95 Å². The highest BCUT2D eigenvalue weighted by Crippen LogP contribution is 2.42. The minimum Gasteiger partial charge on any atom is -0.478 e. The maximum Gasteiger partial charge on any atom is 0.421 e. The number of likely N-dealkylation sites (N-methyl/N-ethyl adjacent to an activating group) is 1. The molecule has 0 aliphatic carbocycles. The predicted octanol–water partition coefficient (Wildman–Crippen LogP) is 5.07. The first-order chi connectivity index (χ1) is 18.2. The van der Waals surface area contributed by atoms with Gasteiger partial charge in [-0.25, -0.2) is 9.78 Å². The summed E-state index contributed by atoms with van der Waals surface area (Å²) in [6, 6.07) is 11.2. The minimum atomic E-state index is -4.75. The van der Waals surface area contributed by atoms with Gasteiger partial charge in [-0.15, -0.1) is 0 Å². The van der Waals surface area contributed by atoms with E-state index in [1.54, 1.807) is 31.5 Å². The van der Waals surface area contributed by atoms with Crippen molar-refractivity contribution in [2.75, 3.05) is 56.0 Å². The van der Waals surface area contributed by atoms with Gasteiger partial charge in [0.25, 0.3) is 0 Å². The lowest BCUT2D eigenvalue weighted by Crippen LogP contribution is -2.31. The number of carboxylic acids is 1. The van der Waals surface area contributed by atoms with Crippen LogP contribution in [0, 0.1) is 0 Å². The summed E-state index contributed by atoms with van der Waals surface area (Å²) < 4.78 is 54.9. The first kappa shape index (κ1) is 28.4. The molecule has 2 heterocycles. The third-order valence-electron chi connectivity index (χ3n) is 6.56. The molecule has 9 nitrogen and oxygen atoms in total. The number of carboxylic acid groups (broad SMARTS) is 1. The number of nitrogens with zero attached hydrogens (tertiary/aromatic N) is 4. The third-order valence-corrected chi connectivity index (χ3v) is 8.09. The van der Waals surface area contributed by atoms with E-state index in [0.717, 1.165) is 25.2 Å². The van der Waals surface area contributed by atoms with E-state index in [9.17, 15) is 22.5 Å². The van der Waals surface area contributed by atoms with Gasteiger partial charge >= 0.3 is 12.1 Å². The zero-order valence-corrected chi connectivity index (χ0v) is 22.8. The van der Waals surface area contributed by atoms with Crippen molar-refractivity contribution in [2.45, 2.75) is 18.6 Å². The van der Waals surface area contributed by atoms with Crippen molar-refractivity contribution in [3.63, 3.8) is 0 Å². The molecule has 1 fully saturated rings. The summed E-state index contributed by atoms with van der Waals surface area (Å²) in [6.07, 6.45) is -3.10. The van der Waals surface area contributed by atoms with Crippen LogP contribution in [0.3, 0.4) is 0 Å². The molecule has 39 heavy (non-hydrogen) atoms. The summed E-state index contributed by atoms with van der Waals surface area (Å²) in [7, 11) is 1.12. The first-order valence-electron chi connectivity index (χ1n) is 12.1. The molecule has 0 saturated carbocycles. The summed E-state index contributed by atoms with van der Waals surface area (Å²) in [5, 5.41) is 15.0. The van der Waals surface area contributed by atoms with Crippen LogP contribution >= 0.6 is 7.14 Å². The number of anilines is 5. The number of carbonyl (C=O) groups is 1. The number of aromatic carboxylic acids is 1. The maximum absolute atomic E-state index is 13.9. The normalized spacial score (nSPS) is 16.0. The molecule has 2 aromatic carbocycles. The van der Waals surface area contributed by atoms with Crippen LogP contribution in [-0.4, -0.2) is 72.5 Å². The molecule has 208 valence electrons. The van der Waals surface area contributed by atoms with Crippen LogP contribution in [0.5, 0.6) is 0 Å². The number of alkyl halides is 3. The standard InChI is InChI=1S/C26H30F3N6O3P/c1-34(2)19-11-12-35(15-19)18-9-10-21(22(13-18)39(3,4)38)32-23-20(26(27,28)29)14-30-25(33-23)31-17-7-5-16(6-8-17)24(36)37/h5-10,13-14,19H,11-12,15H2,1-4H3,(H,36,37)(H2,30,31,32,33)/t19-/m1/s1.